The fourth-order valence-corrected chi connectivity index (χ4v) is 2.31. The molecular weight excluding hydrogens is 487 g/mol. The van der Waals surface area contributed by atoms with Crippen molar-refractivity contribution in [3.8, 4) is 0 Å². The molecule has 13 heteroatoms. The summed E-state index contributed by atoms with van der Waals surface area (Å²) in [6.45, 7) is 17.8. The summed E-state index contributed by atoms with van der Waals surface area (Å²) in [6, 6.07) is 0. The molecule has 0 fully saturated rings. The molecule has 12 nitrogen and oxygen atoms in total. The number of ether oxygens (including phenoxy) is 5. The maximum Gasteiger partial charge on any atom is 0.527 e. The van der Waals surface area contributed by atoms with Crippen molar-refractivity contribution in [3.05, 3.63) is 12.2 Å². The van der Waals surface area contributed by atoms with Gasteiger partial charge in [0.25, 0.3) is 0 Å². The van der Waals surface area contributed by atoms with Gasteiger partial charge in [0.05, 0.1) is 76.3 Å². The Balaban J connectivity index is 0. The maximum absolute atomic E-state index is 10.3. The van der Waals surface area contributed by atoms with Gasteiger partial charge in [-0.3, -0.25) is 9.79 Å². The highest BCUT2D eigenvalue weighted by Gasteiger charge is 2.20. The van der Waals surface area contributed by atoms with Crippen molar-refractivity contribution < 1.29 is 57.6 Å². The summed E-state index contributed by atoms with van der Waals surface area (Å²) >= 11 is 0. The molecular formula is C22H45O12P. The molecule has 35 heavy (non-hydrogen) atoms. The minimum absolute atomic E-state index is 0.00675. The van der Waals surface area contributed by atoms with Gasteiger partial charge in [-0.05, 0) is 48.5 Å². The summed E-state index contributed by atoms with van der Waals surface area (Å²) in [6.07, 6.45) is -0.868. The average Bonchev–Trinajstić information content (AvgIpc) is 2.76. The van der Waals surface area contributed by atoms with E-state index in [1.165, 1.54) is 6.92 Å². The van der Waals surface area contributed by atoms with E-state index in [1.807, 2.05) is 34.6 Å². The number of carbonyl (C=O) groups excluding carboxylic acids is 1. The Morgan fingerprint density at radius 3 is 1.29 bits per heavy atom. The van der Waals surface area contributed by atoms with Crippen LogP contribution < -0.4 is 0 Å². The van der Waals surface area contributed by atoms with Crippen molar-refractivity contribution >= 4 is 13.8 Å². The SMILES string of the molecule is C=C(C)C(=O)OP(=O)(O)O.CC(O)COC(C)COC(C)COC(C)COC(C)COC(C)CO. The van der Waals surface area contributed by atoms with Gasteiger partial charge < -0.3 is 38.4 Å². The zero-order chi connectivity index (χ0) is 27.6. The second kappa shape index (κ2) is 20.2. The van der Waals surface area contributed by atoms with Crippen molar-refractivity contribution in [1.29, 1.82) is 0 Å². The van der Waals surface area contributed by atoms with E-state index in [2.05, 4.69) is 11.1 Å². The Hall–Kier alpha value is -0.920. The highest BCUT2D eigenvalue weighted by Crippen LogP contribution is 2.36. The molecule has 0 radical (unpaired) electrons. The molecule has 210 valence electrons. The molecule has 6 atom stereocenters. The first-order valence-electron chi connectivity index (χ1n) is 11.4. The van der Waals surface area contributed by atoms with Crippen molar-refractivity contribution in [2.45, 2.75) is 85.1 Å². The lowest BCUT2D eigenvalue weighted by Gasteiger charge is -2.22. The molecule has 4 N–H and O–H groups in total. The van der Waals surface area contributed by atoms with E-state index in [-0.39, 0.29) is 42.7 Å². The Morgan fingerprint density at radius 2 is 1.06 bits per heavy atom. The number of rotatable bonds is 18. The summed E-state index contributed by atoms with van der Waals surface area (Å²) in [4.78, 5) is 26.5. The molecule has 0 heterocycles. The molecule has 0 saturated carbocycles. The second-order valence-corrected chi connectivity index (χ2v) is 9.56. The van der Waals surface area contributed by atoms with Crippen LogP contribution in [0, 0.1) is 0 Å². The van der Waals surface area contributed by atoms with E-state index in [9.17, 15) is 14.5 Å². The van der Waals surface area contributed by atoms with E-state index in [0.29, 0.717) is 33.0 Å². The monoisotopic (exact) mass is 532 g/mol. The van der Waals surface area contributed by atoms with E-state index in [0.717, 1.165) is 0 Å². The summed E-state index contributed by atoms with van der Waals surface area (Å²) < 4.78 is 41.5. The zero-order valence-electron chi connectivity index (χ0n) is 21.9. The summed E-state index contributed by atoms with van der Waals surface area (Å²) in [5, 5.41) is 18.1. The van der Waals surface area contributed by atoms with Crippen molar-refractivity contribution in [2.75, 3.05) is 39.6 Å². The number of aliphatic hydroxyl groups excluding tert-OH is 2. The van der Waals surface area contributed by atoms with Crippen LogP contribution in [0.3, 0.4) is 0 Å². The van der Waals surface area contributed by atoms with E-state index in [4.69, 9.17) is 38.6 Å². The highest BCUT2D eigenvalue weighted by atomic mass is 31.2. The topological polar surface area (TPSA) is 170 Å². The fraction of sp³-hybridized carbons (Fsp3) is 0.864. The average molecular weight is 533 g/mol. The van der Waals surface area contributed by atoms with Crippen LogP contribution in [-0.2, 0) is 37.6 Å². The number of phosphoric ester groups is 1. The molecule has 0 aliphatic rings. The van der Waals surface area contributed by atoms with Gasteiger partial charge in [-0.2, -0.15) is 0 Å². The van der Waals surface area contributed by atoms with Crippen LogP contribution in [0.15, 0.2) is 12.2 Å². The van der Waals surface area contributed by atoms with Crippen LogP contribution in [0.4, 0.5) is 0 Å². The molecule has 0 amide bonds. The van der Waals surface area contributed by atoms with Gasteiger partial charge in [-0.15, -0.1) is 0 Å². The predicted octanol–water partition coefficient (Wildman–Crippen LogP) is 1.58. The molecule has 0 aromatic rings. The van der Waals surface area contributed by atoms with Crippen LogP contribution in [0.5, 0.6) is 0 Å². The van der Waals surface area contributed by atoms with Gasteiger partial charge in [0.15, 0.2) is 0 Å². The predicted molar refractivity (Wildman–Crippen MR) is 129 cm³/mol. The molecule has 0 saturated heterocycles. The van der Waals surface area contributed by atoms with Gasteiger partial charge in [-0.1, -0.05) is 6.58 Å². The van der Waals surface area contributed by atoms with Gasteiger partial charge in [0.2, 0.25) is 0 Å². The number of hydrogen-bond acceptors (Lipinski definition) is 10. The lowest BCUT2D eigenvalue weighted by Crippen LogP contribution is -2.29. The van der Waals surface area contributed by atoms with Gasteiger partial charge in [-0.25, -0.2) is 9.36 Å². The number of phosphoric acid groups is 1. The molecule has 6 unspecified atom stereocenters. The van der Waals surface area contributed by atoms with Crippen molar-refractivity contribution in [1.82, 2.24) is 0 Å². The summed E-state index contributed by atoms with van der Waals surface area (Å²) in [5.74, 6) is -1.09. The molecule has 0 spiro atoms. The van der Waals surface area contributed by atoms with Crippen LogP contribution in [0.1, 0.15) is 48.5 Å². The van der Waals surface area contributed by atoms with Gasteiger partial charge in [0.1, 0.15) is 0 Å². The third-order valence-corrected chi connectivity index (χ3v) is 4.29. The van der Waals surface area contributed by atoms with Crippen LogP contribution in [0.25, 0.3) is 0 Å². The Morgan fingerprint density at radius 1 is 0.743 bits per heavy atom. The lowest BCUT2D eigenvalue weighted by molar-refractivity contribution is -0.131. The standard InChI is InChI=1S/C18H38O7.C4H7O5P/c1-13(20)8-21-15(3)10-23-17(5)12-25-18(6)11-24-16(4)9-22-14(2)7-19;1-3(2)4(5)9-10(6,7)8/h13-20H,7-12H2,1-6H3;1H2,2H3,(H2,6,7,8). The van der Waals surface area contributed by atoms with Crippen molar-refractivity contribution in [3.63, 3.8) is 0 Å². The molecule has 0 rings (SSSR count). The number of aliphatic hydroxyl groups is 2. The van der Waals surface area contributed by atoms with E-state index < -0.39 is 19.9 Å². The Kier molecular flexibility index (Phi) is 20.9. The van der Waals surface area contributed by atoms with Crippen LogP contribution >= 0.6 is 7.82 Å². The minimum atomic E-state index is -4.69. The normalized spacial score (nSPS) is 16.8. The second-order valence-electron chi connectivity index (χ2n) is 8.40. The molecule has 0 aliphatic heterocycles. The highest BCUT2D eigenvalue weighted by molar-refractivity contribution is 7.46. The van der Waals surface area contributed by atoms with Gasteiger partial charge >= 0.3 is 13.8 Å². The summed E-state index contributed by atoms with van der Waals surface area (Å²) in [7, 11) is -4.69. The quantitative estimate of drug-likeness (QED) is 0.149. The van der Waals surface area contributed by atoms with E-state index >= 15 is 0 Å². The lowest BCUT2D eigenvalue weighted by atomic mass is 10.3. The Bertz CT molecular complexity index is 609. The third-order valence-electron chi connectivity index (χ3n) is 3.89. The number of hydrogen-bond donors (Lipinski definition) is 4. The smallest absolute Gasteiger partial charge is 0.394 e. The molecule has 0 bridgehead atoms. The molecule has 0 aromatic carbocycles. The summed E-state index contributed by atoms with van der Waals surface area (Å²) in [5.41, 5.74) is -0.0525. The largest absolute Gasteiger partial charge is 0.527 e. The van der Waals surface area contributed by atoms with Crippen LogP contribution in [0.2, 0.25) is 0 Å². The fourth-order valence-electron chi connectivity index (χ4n) is 1.93. The van der Waals surface area contributed by atoms with Crippen LogP contribution in [-0.4, -0.2) is 102 Å². The number of carbonyl (C=O) groups is 1. The third kappa shape index (κ3) is 26.0. The zero-order valence-corrected chi connectivity index (χ0v) is 22.8. The molecule has 0 aliphatic carbocycles. The maximum atomic E-state index is 10.3. The van der Waals surface area contributed by atoms with E-state index in [1.54, 1.807) is 6.92 Å². The first-order chi connectivity index (χ1) is 16.1. The first kappa shape index (κ1) is 36.2. The van der Waals surface area contributed by atoms with Gasteiger partial charge in [0, 0.05) is 5.57 Å². The molecule has 0 aromatic heterocycles. The van der Waals surface area contributed by atoms with Crippen molar-refractivity contribution in [2.24, 2.45) is 0 Å². The minimum Gasteiger partial charge on any atom is -0.394 e. The Labute approximate surface area is 208 Å². The first-order valence-corrected chi connectivity index (χ1v) is 12.9.